The lowest BCUT2D eigenvalue weighted by molar-refractivity contribution is -0.236. The van der Waals surface area contributed by atoms with Crippen molar-refractivity contribution in [1.29, 1.82) is 5.26 Å². The third kappa shape index (κ3) is 4.42. The van der Waals surface area contributed by atoms with Crippen LogP contribution in [-0.4, -0.2) is 34.5 Å². The van der Waals surface area contributed by atoms with Crippen molar-refractivity contribution in [3.8, 4) is 6.07 Å². The van der Waals surface area contributed by atoms with E-state index < -0.39 is 17.0 Å². The molecule has 1 N–H and O–H groups in total. The van der Waals surface area contributed by atoms with Gasteiger partial charge in [-0.05, 0) is 25.2 Å². The van der Waals surface area contributed by atoms with Gasteiger partial charge in [-0.25, -0.2) is 0 Å². The van der Waals surface area contributed by atoms with Crippen molar-refractivity contribution >= 4 is 11.8 Å². The minimum Gasteiger partial charge on any atom is -0.502 e. The van der Waals surface area contributed by atoms with Gasteiger partial charge in [0.05, 0.1) is 18.9 Å². The minimum absolute atomic E-state index is 0.184. The average Bonchev–Trinajstić information content (AvgIpc) is 2.29. The van der Waals surface area contributed by atoms with Crippen LogP contribution in [0.2, 0.25) is 0 Å². The van der Waals surface area contributed by atoms with Crippen molar-refractivity contribution < 1.29 is 23.0 Å². The number of hydrogen-bond donors (Lipinski definition) is 1. The van der Waals surface area contributed by atoms with E-state index in [1.54, 1.807) is 13.8 Å². The standard InChI is InChI=1S/C11H16F3NO2S/c1-3-7-18-9(8-15)10(16,11(12,13)14)5-6-17-4-2/h5-6,9,16H,3-4,7H2,1-2H3. The molecule has 0 aromatic heterocycles. The highest BCUT2D eigenvalue weighted by Crippen LogP contribution is 2.39. The summed E-state index contributed by atoms with van der Waals surface area (Å²) in [6.07, 6.45) is -3.04. The molecule has 0 rings (SSSR count). The fraction of sp³-hybridized carbons (Fsp3) is 0.727. The fourth-order valence-corrected chi connectivity index (χ4v) is 2.09. The minimum atomic E-state index is -4.93. The normalized spacial score (nSPS) is 17.2. The Kier molecular flexibility index (Phi) is 7.18. The van der Waals surface area contributed by atoms with Crippen molar-refractivity contribution in [1.82, 2.24) is 0 Å². The number of hydrogen-bond acceptors (Lipinski definition) is 4. The van der Waals surface area contributed by atoms with E-state index in [2.05, 4.69) is 4.74 Å². The number of nitriles is 1. The van der Waals surface area contributed by atoms with Crippen LogP contribution in [0.4, 0.5) is 13.2 Å². The lowest BCUT2D eigenvalue weighted by Gasteiger charge is -2.30. The molecule has 0 fully saturated rings. The van der Waals surface area contributed by atoms with Crippen LogP contribution in [0, 0.1) is 11.3 Å². The molecule has 0 saturated heterocycles. The molecular formula is C11H16F3NO2S. The van der Waals surface area contributed by atoms with Crippen LogP contribution in [0.3, 0.4) is 0 Å². The maximum atomic E-state index is 12.9. The number of halogens is 3. The Morgan fingerprint density at radius 2 is 2.06 bits per heavy atom. The Labute approximate surface area is 109 Å². The predicted molar refractivity (Wildman–Crippen MR) is 63.9 cm³/mol. The first kappa shape index (κ1) is 17.1. The lowest BCUT2D eigenvalue weighted by Crippen LogP contribution is -2.51. The molecule has 0 aliphatic rings. The van der Waals surface area contributed by atoms with Crippen molar-refractivity contribution in [3.05, 3.63) is 12.3 Å². The molecule has 0 aliphatic carbocycles. The maximum absolute atomic E-state index is 12.9. The van der Waals surface area contributed by atoms with Gasteiger partial charge in [0.2, 0.25) is 5.60 Å². The molecule has 2 unspecified atom stereocenters. The summed E-state index contributed by atoms with van der Waals surface area (Å²) in [5.74, 6) is 0.360. The van der Waals surface area contributed by atoms with Gasteiger partial charge in [-0.1, -0.05) is 6.92 Å². The first-order valence-corrected chi connectivity index (χ1v) is 6.48. The summed E-state index contributed by atoms with van der Waals surface area (Å²) >= 11 is 0.775. The zero-order chi connectivity index (χ0) is 14.2. The van der Waals surface area contributed by atoms with E-state index in [4.69, 9.17) is 5.26 Å². The smallest absolute Gasteiger partial charge is 0.423 e. The SMILES string of the molecule is CCCSC(C#N)C(O)(C=COCC)C(F)(F)F. The van der Waals surface area contributed by atoms with Gasteiger partial charge >= 0.3 is 6.18 Å². The molecule has 0 radical (unpaired) electrons. The molecule has 18 heavy (non-hydrogen) atoms. The summed E-state index contributed by atoms with van der Waals surface area (Å²) in [6, 6.07) is 1.50. The first-order chi connectivity index (χ1) is 8.33. The Balaban J connectivity index is 5.13. The number of nitrogens with zero attached hydrogens (tertiary/aromatic N) is 1. The van der Waals surface area contributed by atoms with Gasteiger partial charge in [0.25, 0.3) is 0 Å². The van der Waals surface area contributed by atoms with Gasteiger partial charge in [0.15, 0.2) is 0 Å². The van der Waals surface area contributed by atoms with Gasteiger partial charge < -0.3 is 9.84 Å². The summed E-state index contributed by atoms with van der Waals surface area (Å²) in [4.78, 5) is 0. The van der Waals surface area contributed by atoms with Crippen molar-refractivity contribution in [2.24, 2.45) is 0 Å². The van der Waals surface area contributed by atoms with Gasteiger partial charge in [-0.15, -0.1) is 11.8 Å². The van der Waals surface area contributed by atoms with Crippen LogP contribution in [-0.2, 0) is 4.74 Å². The van der Waals surface area contributed by atoms with Crippen LogP contribution in [0.25, 0.3) is 0 Å². The van der Waals surface area contributed by atoms with Crippen LogP contribution >= 0.6 is 11.8 Å². The summed E-state index contributed by atoms with van der Waals surface area (Å²) in [5.41, 5.74) is -3.20. The van der Waals surface area contributed by atoms with E-state index in [1.165, 1.54) is 6.07 Å². The quantitative estimate of drug-likeness (QED) is 0.730. The van der Waals surface area contributed by atoms with Gasteiger partial charge in [-0.2, -0.15) is 18.4 Å². The topological polar surface area (TPSA) is 53.2 Å². The molecule has 0 amide bonds. The molecule has 0 bridgehead atoms. The molecule has 0 aliphatic heterocycles. The Hall–Kier alpha value is -0.870. The lowest BCUT2D eigenvalue weighted by atomic mass is 9.99. The zero-order valence-corrected chi connectivity index (χ0v) is 11.0. The highest BCUT2D eigenvalue weighted by atomic mass is 32.2. The molecule has 0 spiro atoms. The van der Waals surface area contributed by atoms with E-state index in [1.807, 2.05) is 0 Å². The van der Waals surface area contributed by atoms with Gasteiger partial charge in [0, 0.05) is 0 Å². The number of ether oxygens (including phenoxy) is 1. The molecule has 0 aromatic rings. The molecule has 0 aromatic carbocycles. The van der Waals surface area contributed by atoms with Crippen molar-refractivity contribution in [3.63, 3.8) is 0 Å². The monoisotopic (exact) mass is 283 g/mol. The second-order valence-electron chi connectivity index (χ2n) is 3.46. The zero-order valence-electron chi connectivity index (χ0n) is 10.2. The molecule has 0 saturated carbocycles. The molecule has 3 nitrogen and oxygen atoms in total. The molecule has 2 atom stereocenters. The van der Waals surface area contributed by atoms with Crippen LogP contribution in [0.5, 0.6) is 0 Å². The Morgan fingerprint density at radius 1 is 1.44 bits per heavy atom. The second-order valence-corrected chi connectivity index (χ2v) is 4.67. The van der Waals surface area contributed by atoms with Crippen molar-refractivity contribution in [2.75, 3.05) is 12.4 Å². The van der Waals surface area contributed by atoms with Gasteiger partial charge in [-0.3, -0.25) is 0 Å². The van der Waals surface area contributed by atoms with Crippen LogP contribution in [0.1, 0.15) is 20.3 Å². The summed E-state index contributed by atoms with van der Waals surface area (Å²) in [6.45, 7) is 3.57. The third-order valence-electron chi connectivity index (χ3n) is 2.04. The van der Waals surface area contributed by atoms with Crippen molar-refractivity contribution in [2.45, 2.75) is 37.3 Å². The van der Waals surface area contributed by atoms with Crippen LogP contribution < -0.4 is 0 Å². The molecular weight excluding hydrogens is 267 g/mol. The number of alkyl halides is 3. The molecule has 104 valence electrons. The summed E-state index contributed by atoms with van der Waals surface area (Å²) in [5, 5.41) is 16.9. The fourth-order valence-electron chi connectivity index (χ4n) is 1.08. The largest absolute Gasteiger partial charge is 0.502 e. The van der Waals surface area contributed by atoms with E-state index in [0.717, 1.165) is 18.0 Å². The Morgan fingerprint density at radius 3 is 2.44 bits per heavy atom. The third-order valence-corrected chi connectivity index (χ3v) is 3.49. The van der Waals surface area contributed by atoms with E-state index in [0.29, 0.717) is 18.2 Å². The average molecular weight is 283 g/mol. The predicted octanol–water partition coefficient (Wildman–Crippen LogP) is 2.87. The van der Waals surface area contributed by atoms with E-state index in [-0.39, 0.29) is 6.61 Å². The van der Waals surface area contributed by atoms with Gasteiger partial charge in [0.1, 0.15) is 5.25 Å². The highest BCUT2D eigenvalue weighted by molar-refractivity contribution is 8.00. The van der Waals surface area contributed by atoms with E-state index in [9.17, 15) is 18.3 Å². The molecule has 7 heteroatoms. The first-order valence-electron chi connectivity index (χ1n) is 5.43. The summed E-state index contributed by atoms with van der Waals surface area (Å²) < 4.78 is 43.3. The Bertz CT molecular complexity index is 314. The number of aliphatic hydroxyl groups is 1. The maximum Gasteiger partial charge on any atom is 0.423 e. The number of thioether (sulfide) groups is 1. The van der Waals surface area contributed by atoms with Crippen LogP contribution in [0.15, 0.2) is 12.3 Å². The van der Waals surface area contributed by atoms with E-state index >= 15 is 0 Å². The second kappa shape index (κ2) is 7.54. The molecule has 0 heterocycles. The summed E-state index contributed by atoms with van der Waals surface area (Å²) in [7, 11) is 0. The highest BCUT2D eigenvalue weighted by Gasteiger charge is 2.57. The number of rotatable bonds is 7.